The highest BCUT2D eigenvalue weighted by molar-refractivity contribution is 4.95. The molecule has 39 atom stereocenters. The molecule has 0 aromatic heterocycles. The SMILES string of the molecule is CC1CCC([C@@H](C)N)O1.CC1CC[C@H](C(N)CCO)O1.C[C@@H]1CC[C@H](CN)O1.C[C@@H]1O[C@@H](CN)C(O)[C@@H]1O.C[C@H](N)[C@H]1CC[C@H](C)O1.C[C@H]1CC(N)C(CO)O1.C[C@H]1CC(O)C(CN)O1.C[C@H]1CCC(CN)O1.C[C@H]1CC[C@H]([C@@H](N)CO)O1.C[C@H]1OC(O)[C@H](O)[C@@H]1CN.C[C@H]1O[C@@H](CN)C(O)[C@@H]1O.C[C@H]1O[C@H]([C@H](O)CO)[C@H](O)[C@@H]1N. The van der Waals surface area contributed by atoms with Crippen molar-refractivity contribution in [2.24, 2.45) is 74.7 Å². The molecule has 37 nitrogen and oxygen atoms in total. The summed E-state index contributed by atoms with van der Waals surface area (Å²) in [4.78, 5) is 0. The molecule has 37 heteroatoms. The summed E-state index contributed by atoms with van der Waals surface area (Å²) in [5.74, 6) is -0.130. The Kier molecular flexibility index (Phi) is 58.3. The number of rotatable bonds is 16. The Bertz CT molecular complexity index is 2270. The van der Waals surface area contributed by atoms with Crippen LogP contribution < -0.4 is 68.8 Å². The van der Waals surface area contributed by atoms with Gasteiger partial charge in [-0.05, 0) is 187 Å². The fourth-order valence-electron chi connectivity index (χ4n) is 14.4. The molecular formula is C78H168N12O25. The molecule has 12 aliphatic heterocycles. The molecule has 0 saturated carbocycles. The van der Waals surface area contributed by atoms with E-state index in [1.165, 1.54) is 25.7 Å². The summed E-state index contributed by atoms with van der Waals surface area (Å²) < 4.78 is 63.5. The van der Waals surface area contributed by atoms with Gasteiger partial charge in [-0.3, -0.25) is 0 Å². The maximum Gasteiger partial charge on any atom is 0.181 e. The van der Waals surface area contributed by atoms with Crippen LogP contribution in [-0.2, 0) is 56.8 Å². The normalized spacial score (nSPS) is 41.9. The van der Waals surface area contributed by atoms with Crippen molar-refractivity contribution in [2.75, 3.05) is 65.7 Å². The first-order valence-electron chi connectivity index (χ1n) is 42.2. The monoisotopic (exact) mass is 1670 g/mol. The van der Waals surface area contributed by atoms with E-state index in [9.17, 15) is 25.5 Å². The summed E-state index contributed by atoms with van der Waals surface area (Å²) >= 11 is 0. The van der Waals surface area contributed by atoms with E-state index in [1.807, 2.05) is 34.6 Å². The molecule has 690 valence electrons. The largest absolute Gasteiger partial charge is 0.396 e. The van der Waals surface area contributed by atoms with Crippen LogP contribution in [0.3, 0.4) is 0 Å². The van der Waals surface area contributed by atoms with Crippen LogP contribution in [0.25, 0.3) is 0 Å². The number of nitrogens with two attached hydrogens (primary N) is 12. The zero-order valence-corrected chi connectivity index (χ0v) is 71.8. The molecule has 0 bridgehead atoms. The first kappa shape index (κ1) is 112. The minimum atomic E-state index is -1.06. The van der Waals surface area contributed by atoms with Crippen LogP contribution in [0, 0.1) is 5.92 Å². The second kappa shape index (κ2) is 60.2. The number of aliphatic hydroxyl groups excluding tert-OH is 13. The third kappa shape index (κ3) is 41.7. The van der Waals surface area contributed by atoms with E-state index in [1.54, 1.807) is 27.7 Å². The first-order chi connectivity index (χ1) is 54.1. The molecule has 12 heterocycles. The van der Waals surface area contributed by atoms with Crippen molar-refractivity contribution in [1.29, 1.82) is 0 Å². The standard InChI is InChI=1S/C8H17NO2.C7H15NO4.C7H15NO2.2C7H15NO.3C6H13NO3.2C6H13NO2.2C6H13NO/c1-6-2-3-8(11-6)7(9)4-5-10;1-3-5(8)6(11)7(12-3)4(10)2-9;1-5-2-3-7(10-5)6(8)4-9;2*1-5-3-4-7(9-5)6(2)8;2*1-3-5(8)6(9)4(2-7)10-3;1-3-4(2-7)5(8)6(9)10-3;1-4-2-5(7)6(3-8)9-4;1-4-2-5(8)6(3-7)9-4;2*1-5-2-3-6(4-7)8-5/h6-8,10H,2-5,9H2,1H3;3-7,9-11H,2,8H2,1H3;5-7,9H,2-4,8H2,1H3;2*5-7H,3-4,8H2,1-2H3;3*3-6,8-9H,2,7H2,1H3;2*4-6,8H,2-3,7H2,1H3;2*5-6H,2-4,7H2,1H3/t6?,7?,8-;3-,4-,5-,6-,7-;5-,6-,7+;5?,6-,7?;5-,6-,7+;3-,4+,5-,6?;3-,4-,5+,6?;3-,4-,5-,6?;2*4-,5?,6?;5-,6?;5-,6-/m110101010001/s1. The Morgan fingerprint density at radius 3 is 0.913 bits per heavy atom. The average molecular weight is 1670 g/mol. The maximum absolute atomic E-state index is 9.41. The van der Waals surface area contributed by atoms with E-state index in [4.69, 9.17) is 166 Å². The van der Waals surface area contributed by atoms with Gasteiger partial charge in [-0.25, -0.2) is 0 Å². The highest BCUT2D eigenvalue weighted by Gasteiger charge is 2.44. The molecule has 0 aromatic carbocycles. The molecular weight excluding hydrogens is 1500 g/mol. The minimum absolute atomic E-state index is 0.0185. The second-order valence-electron chi connectivity index (χ2n) is 32.8. The average Bonchev–Trinajstić information content (AvgIpc) is 1.69. The van der Waals surface area contributed by atoms with Gasteiger partial charge in [-0.2, -0.15) is 0 Å². The summed E-state index contributed by atoms with van der Waals surface area (Å²) in [6.07, 6.45) is 9.93. The fraction of sp³-hybridized carbons (Fsp3) is 1.00. The molecule has 12 rings (SSSR count). The highest BCUT2D eigenvalue weighted by Crippen LogP contribution is 2.29. The van der Waals surface area contributed by atoms with Crippen LogP contribution in [0.4, 0.5) is 0 Å². The predicted octanol–water partition coefficient (Wildman–Crippen LogP) is -4.69. The van der Waals surface area contributed by atoms with Crippen LogP contribution >= 0.6 is 0 Å². The van der Waals surface area contributed by atoms with Crippen molar-refractivity contribution in [1.82, 2.24) is 0 Å². The van der Waals surface area contributed by atoms with Gasteiger partial charge in [0.25, 0.3) is 0 Å². The van der Waals surface area contributed by atoms with E-state index in [2.05, 4.69) is 34.6 Å². The summed E-state index contributed by atoms with van der Waals surface area (Å²) in [6, 6.07) is -0.221. The minimum Gasteiger partial charge on any atom is -0.396 e. The fourth-order valence-corrected chi connectivity index (χ4v) is 14.4. The van der Waals surface area contributed by atoms with Crippen LogP contribution in [0.1, 0.15) is 193 Å². The van der Waals surface area contributed by atoms with Gasteiger partial charge in [-0.15, -0.1) is 0 Å². The molecule has 0 aromatic rings. The molecule has 0 radical (unpaired) electrons. The number of ether oxygens (including phenoxy) is 12. The Hall–Kier alpha value is -1.48. The van der Waals surface area contributed by atoms with Gasteiger partial charge in [0.1, 0.15) is 48.8 Å². The Balaban J connectivity index is 0.000000628. The third-order valence-electron chi connectivity index (χ3n) is 22.2. The van der Waals surface area contributed by atoms with Crippen molar-refractivity contribution >= 4 is 0 Å². The van der Waals surface area contributed by atoms with Gasteiger partial charge in [0.05, 0.1) is 172 Å². The molecule has 37 N–H and O–H groups in total. The van der Waals surface area contributed by atoms with Gasteiger partial charge in [0.15, 0.2) is 6.29 Å². The van der Waals surface area contributed by atoms with E-state index >= 15 is 0 Å². The quantitative estimate of drug-likeness (QED) is 0.0691. The van der Waals surface area contributed by atoms with Crippen molar-refractivity contribution in [2.45, 2.75) is 425 Å². The second-order valence-corrected chi connectivity index (χ2v) is 32.8. The van der Waals surface area contributed by atoms with E-state index < -0.39 is 80.0 Å². The zero-order valence-electron chi connectivity index (χ0n) is 71.8. The van der Waals surface area contributed by atoms with Gasteiger partial charge < -0.3 is 192 Å². The molecule has 12 aliphatic rings. The van der Waals surface area contributed by atoms with Crippen LogP contribution in [0.2, 0.25) is 0 Å². The summed E-state index contributed by atoms with van der Waals surface area (Å²) in [6.45, 7) is 29.8. The lowest BCUT2D eigenvalue weighted by atomic mass is 10.0. The van der Waals surface area contributed by atoms with Crippen molar-refractivity contribution < 1.29 is 123 Å². The molecule has 0 spiro atoms. The molecule has 12 fully saturated rings. The van der Waals surface area contributed by atoms with Gasteiger partial charge in [-0.1, -0.05) is 0 Å². The van der Waals surface area contributed by atoms with Crippen molar-refractivity contribution in [3.63, 3.8) is 0 Å². The summed E-state index contributed by atoms with van der Waals surface area (Å²) in [5.41, 5.74) is 65.6. The zero-order chi connectivity index (χ0) is 87.7. The maximum atomic E-state index is 9.41. The van der Waals surface area contributed by atoms with Crippen LogP contribution in [0.5, 0.6) is 0 Å². The van der Waals surface area contributed by atoms with E-state index in [0.29, 0.717) is 93.6 Å². The lowest BCUT2D eigenvalue weighted by Gasteiger charge is -2.18. The van der Waals surface area contributed by atoms with E-state index in [-0.39, 0.29) is 136 Å². The first-order valence-corrected chi connectivity index (χ1v) is 42.2. The molecule has 115 heavy (non-hydrogen) atoms. The lowest BCUT2D eigenvalue weighted by molar-refractivity contribution is -0.123. The van der Waals surface area contributed by atoms with E-state index in [0.717, 1.165) is 64.2 Å². The Morgan fingerprint density at radius 1 is 0.339 bits per heavy atom. The number of hydrogen-bond donors (Lipinski definition) is 25. The smallest absolute Gasteiger partial charge is 0.181 e. The van der Waals surface area contributed by atoms with Gasteiger partial charge >= 0.3 is 0 Å². The van der Waals surface area contributed by atoms with Crippen molar-refractivity contribution in [3.05, 3.63) is 0 Å². The van der Waals surface area contributed by atoms with Crippen LogP contribution in [0.15, 0.2) is 0 Å². The third-order valence-corrected chi connectivity index (χ3v) is 22.2. The number of hydrogen-bond acceptors (Lipinski definition) is 37. The Labute approximate surface area is 686 Å². The summed E-state index contributed by atoms with van der Waals surface area (Å²) in [5, 5.41) is 117. The summed E-state index contributed by atoms with van der Waals surface area (Å²) in [7, 11) is 0. The lowest BCUT2D eigenvalue weighted by Crippen LogP contribution is -2.44. The highest BCUT2D eigenvalue weighted by atomic mass is 16.6. The van der Waals surface area contributed by atoms with Crippen molar-refractivity contribution in [3.8, 4) is 0 Å². The molecule has 12 unspecified atom stereocenters. The number of aliphatic hydroxyl groups is 13. The van der Waals surface area contributed by atoms with Gasteiger partial charge in [0.2, 0.25) is 0 Å². The Morgan fingerprint density at radius 2 is 0.722 bits per heavy atom. The molecule has 0 amide bonds. The topological polar surface area (TPSA) is 686 Å². The molecule has 12 saturated heterocycles. The van der Waals surface area contributed by atoms with Gasteiger partial charge in [0, 0.05) is 82.4 Å². The predicted molar refractivity (Wildman–Crippen MR) is 437 cm³/mol. The molecule has 0 aliphatic carbocycles. The van der Waals surface area contributed by atoms with Crippen LogP contribution in [-0.4, -0.2) is 364 Å².